The van der Waals surface area contributed by atoms with E-state index in [4.69, 9.17) is 18.6 Å². The van der Waals surface area contributed by atoms with Gasteiger partial charge in [-0.25, -0.2) is 14.8 Å². The topological polar surface area (TPSA) is 116 Å². The lowest BCUT2D eigenvalue weighted by molar-refractivity contribution is 0.0696. The number of rotatable bonds is 11. The van der Waals surface area contributed by atoms with Crippen molar-refractivity contribution >= 4 is 5.97 Å². The van der Waals surface area contributed by atoms with Crippen LogP contribution in [0.15, 0.2) is 102 Å². The molecule has 3 aromatic carbocycles. The second-order valence-electron chi connectivity index (χ2n) is 8.45. The van der Waals surface area contributed by atoms with Crippen molar-refractivity contribution in [3.05, 3.63) is 114 Å². The summed E-state index contributed by atoms with van der Waals surface area (Å²) >= 11 is 0. The molecule has 2 heterocycles. The second-order valence-corrected chi connectivity index (χ2v) is 8.45. The third kappa shape index (κ3) is 6.41. The molecule has 0 unspecified atom stereocenters. The molecule has 0 aliphatic heterocycles. The van der Waals surface area contributed by atoms with Crippen molar-refractivity contribution in [2.45, 2.75) is 13.1 Å². The summed E-state index contributed by atoms with van der Waals surface area (Å²) < 4.78 is 22.5. The van der Waals surface area contributed by atoms with Crippen LogP contribution in [0.2, 0.25) is 0 Å². The Morgan fingerprint density at radius 3 is 2.33 bits per heavy atom. The number of benzene rings is 3. The van der Waals surface area contributed by atoms with Gasteiger partial charge in [0, 0.05) is 30.4 Å². The number of ether oxygens (including phenoxy) is 3. The Hall–Kier alpha value is -5.15. The van der Waals surface area contributed by atoms with E-state index < -0.39 is 5.97 Å². The number of nitrogens with zero attached hydrogens (tertiary/aromatic N) is 2. The number of pyridine rings is 1. The summed E-state index contributed by atoms with van der Waals surface area (Å²) in [6.45, 7) is 1.13. The molecule has 39 heavy (non-hydrogen) atoms. The van der Waals surface area contributed by atoms with Crippen LogP contribution in [-0.4, -0.2) is 28.2 Å². The van der Waals surface area contributed by atoms with Crippen LogP contribution in [-0.2, 0) is 13.1 Å². The highest BCUT2D eigenvalue weighted by molar-refractivity contribution is 5.88. The normalized spacial score (nSPS) is 10.7. The fraction of sp³-hybridized carbons (Fsp3) is 0.100. The molecule has 5 aromatic rings. The average molecular weight is 524 g/mol. The van der Waals surface area contributed by atoms with Gasteiger partial charge in [-0.05, 0) is 66.2 Å². The van der Waals surface area contributed by atoms with Crippen LogP contribution in [0.25, 0.3) is 11.5 Å². The quantitative estimate of drug-likeness (QED) is 0.205. The summed E-state index contributed by atoms with van der Waals surface area (Å²) in [5, 5.41) is 12.6. The predicted octanol–water partition coefficient (Wildman–Crippen LogP) is 6.32. The van der Waals surface area contributed by atoms with Crippen molar-refractivity contribution in [3.8, 4) is 40.3 Å². The zero-order valence-electron chi connectivity index (χ0n) is 21.0. The molecular formula is C30H25N3O6. The number of hydrogen-bond donors (Lipinski definition) is 2. The Balaban J connectivity index is 1.17. The molecule has 196 valence electrons. The van der Waals surface area contributed by atoms with Gasteiger partial charge < -0.3 is 29.1 Å². The summed E-state index contributed by atoms with van der Waals surface area (Å²) in [5.41, 5.74) is 2.92. The lowest BCUT2D eigenvalue weighted by Gasteiger charge is -2.13. The van der Waals surface area contributed by atoms with E-state index in [0.717, 1.165) is 28.2 Å². The van der Waals surface area contributed by atoms with Crippen LogP contribution in [0.4, 0.5) is 0 Å². The van der Waals surface area contributed by atoms with E-state index in [0.29, 0.717) is 36.4 Å². The summed E-state index contributed by atoms with van der Waals surface area (Å²) in [5.74, 6) is 2.07. The minimum atomic E-state index is -1.04. The van der Waals surface area contributed by atoms with E-state index in [9.17, 15) is 9.90 Å². The highest BCUT2D eigenvalue weighted by Crippen LogP contribution is 2.33. The van der Waals surface area contributed by atoms with Crippen molar-refractivity contribution in [3.63, 3.8) is 0 Å². The van der Waals surface area contributed by atoms with E-state index in [-0.39, 0.29) is 5.56 Å². The summed E-state index contributed by atoms with van der Waals surface area (Å²) in [6.07, 6.45) is 4.79. The van der Waals surface area contributed by atoms with Crippen molar-refractivity contribution < 1.29 is 28.5 Å². The molecule has 0 fully saturated rings. The van der Waals surface area contributed by atoms with Crippen LogP contribution in [0, 0.1) is 0 Å². The SMILES string of the molecule is COc1cc(C(=O)O)ccc1Oc1ncccc1CNCc1ccc(Oc2ccc(-c3ncco3)cc2)cc1. The molecule has 9 nitrogen and oxygen atoms in total. The van der Waals surface area contributed by atoms with E-state index in [2.05, 4.69) is 15.3 Å². The molecule has 0 bridgehead atoms. The molecular weight excluding hydrogens is 498 g/mol. The molecule has 0 saturated heterocycles. The molecule has 2 N–H and O–H groups in total. The fourth-order valence-corrected chi connectivity index (χ4v) is 3.82. The predicted molar refractivity (Wildman–Crippen MR) is 143 cm³/mol. The minimum Gasteiger partial charge on any atom is -0.493 e. The summed E-state index contributed by atoms with van der Waals surface area (Å²) in [6, 6.07) is 23.6. The average Bonchev–Trinajstić information content (AvgIpc) is 3.51. The van der Waals surface area contributed by atoms with Gasteiger partial charge >= 0.3 is 5.97 Å². The van der Waals surface area contributed by atoms with Crippen LogP contribution in [0.3, 0.4) is 0 Å². The van der Waals surface area contributed by atoms with Crippen molar-refractivity contribution in [1.29, 1.82) is 0 Å². The zero-order chi connectivity index (χ0) is 27.0. The highest BCUT2D eigenvalue weighted by Gasteiger charge is 2.13. The van der Waals surface area contributed by atoms with Gasteiger partial charge in [0.15, 0.2) is 11.5 Å². The van der Waals surface area contributed by atoms with Gasteiger partial charge in [0.2, 0.25) is 11.8 Å². The van der Waals surface area contributed by atoms with E-state index in [1.54, 1.807) is 24.7 Å². The van der Waals surface area contributed by atoms with E-state index in [1.807, 2.05) is 60.7 Å². The van der Waals surface area contributed by atoms with E-state index >= 15 is 0 Å². The molecule has 0 saturated carbocycles. The smallest absolute Gasteiger partial charge is 0.335 e. The number of carbonyl (C=O) groups is 1. The van der Waals surface area contributed by atoms with Gasteiger partial charge in [-0.2, -0.15) is 0 Å². The molecule has 0 aliphatic carbocycles. The number of carboxylic acid groups (broad SMARTS) is 1. The Bertz CT molecular complexity index is 1530. The van der Waals surface area contributed by atoms with Gasteiger partial charge in [-0.15, -0.1) is 0 Å². The summed E-state index contributed by atoms with van der Waals surface area (Å²) in [4.78, 5) is 19.7. The third-order valence-corrected chi connectivity index (χ3v) is 5.80. The van der Waals surface area contributed by atoms with Crippen LogP contribution in [0.1, 0.15) is 21.5 Å². The Labute approximate surface area is 224 Å². The number of aromatic carboxylic acids is 1. The second kappa shape index (κ2) is 11.9. The Morgan fingerprint density at radius 2 is 1.64 bits per heavy atom. The van der Waals surface area contributed by atoms with Crippen molar-refractivity contribution in [2.75, 3.05) is 7.11 Å². The molecule has 0 aliphatic rings. The number of aromatic nitrogens is 2. The fourth-order valence-electron chi connectivity index (χ4n) is 3.82. The maximum atomic E-state index is 11.2. The van der Waals surface area contributed by atoms with Gasteiger partial charge in [-0.3, -0.25) is 0 Å². The number of methoxy groups -OCH3 is 1. The van der Waals surface area contributed by atoms with Crippen LogP contribution in [0.5, 0.6) is 28.9 Å². The molecule has 0 radical (unpaired) electrons. The largest absolute Gasteiger partial charge is 0.493 e. The van der Waals surface area contributed by atoms with Gasteiger partial charge in [0.1, 0.15) is 17.8 Å². The Kier molecular flexibility index (Phi) is 7.80. The Morgan fingerprint density at radius 1 is 0.872 bits per heavy atom. The maximum Gasteiger partial charge on any atom is 0.335 e. The minimum absolute atomic E-state index is 0.110. The first-order valence-corrected chi connectivity index (χ1v) is 12.1. The zero-order valence-corrected chi connectivity index (χ0v) is 21.0. The van der Waals surface area contributed by atoms with Crippen LogP contribution >= 0.6 is 0 Å². The molecule has 0 amide bonds. The molecule has 5 rings (SSSR count). The highest BCUT2D eigenvalue weighted by atomic mass is 16.5. The lowest BCUT2D eigenvalue weighted by atomic mass is 10.2. The first-order valence-electron chi connectivity index (χ1n) is 12.1. The first kappa shape index (κ1) is 25.5. The number of carboxylic acids is 1. The molecule has 0 spiro atoms. The monoisotopic (exact) mass is 523 g/mol. The lowest BCUT2D eigenvalue weighted by Crippen LogP contribution is -2.13. The molecule has 0 atom stereocenters. The standard InChI is InChI=1S/C30H25N3O6/c1-36-27-17-22(30(34)35)8-13-26(27)39-29-23(3-2-14-32-29)19-31-18-20-4-9-24(10-5-20)38-25-11-6-21(7-12-25)28-33-15-16-37-28/h2-17,31H,18-19H2,1H3,(H,34,35). The van der Waals surface area contributed by atoms with Gasteiger partial charge in [0.05, 0.1) is 18.9 Å². The van der Waals surface area contributed by atoms with E-state index in [1.165, 1.54) is 19.2 Å². The number of oxazole rings is 1. The maximum absolute atomic E-state index is 11.2. The third-order valence-electron chi connectivity index (χ3n) is 5.80. The first-order chi connectivity index (χ1) is 19.1. The van der Waals surface area contributed by atoms with Gasteiger partial charge in [0.25, 0.3) is 0 Å². The summed E-state index contributed by atoms with van der Waals surface area (Å²) in [7, 11) is 1.46. The van der Waals surface area contributed by atoms with Gasteiger partial charge in [-0.1, -0.05) is 18.2 Å². The van der Waals surface area contributed by atoms with Crippen molar-refractivity contribution in [2.24, 2.45) is 0 Å². The number of nitrogens with one attached hydrogen (secondary N) is 1. The molecule has 2 aromatic heterocycles. The molecule has 9 heteroatoms. The van der Waals surface area contributed by atoms with Crippen molar-refractivity contribution in [1.82, 2.24) is 15.3 Å². The van der Waals surface area contributed by atoms with Crippen LogP contribution < -0.4 is 19.5 Å². The number of hydrogen-bond acceptors (Lipinski definition) is 8.